The van der Waals surface area contributed by atoms with Crippen molar-refractivity contribution in [1.29, 1.82) is 0 Å². The van der Waals surface area contributed by atoms with Gasteiger partial charge in [-0.1, -0.05) is 11.6 Å². The van der Waals surface area contributed by atoms with E-state index in [-0.39, 0.29) is 16.6 Å². The number of carbonyl (C=O) groups is 1. The number of nitro groups is 1. The average Bonchev–Trinajstić information content (AvgIpc) is 2.94. The highest BCUT2D eigenvalue weighted by Gasteiger charge is 2.17. The third-order valence-corrected chi connectivity index (χ3v) is 3.59. The van der Waals surface area contributed by atoms with E-state index in [9.17, 15) is 14.9 Å². The van der Waals surface area contributed by atoms with Crippen molar-refractivity contribution in [2.75, 3.05) is 25.0 Å². The number of benzene rings is 1. The number of likely N-dealkylation sites (tertiary alicyclic amines) is 1. The number of anilines is 1. The van der Waals surface area contributed by atoms with Crippen molar-refractivity contribution in [1.82, 2.24) is 4.90 Å². The first kappa shape index (κ1) is 14.6. The molecule has 6 nitrogen and oxygen atoms in total. The Hall–Kier alpha value is -1.82. The molecule has 0 unspecified atom stereocenters. The molecule has 20 heavy (non-hydrogen) atoms. The van der Waals surface area contributed by atoms with Gasteiger partial charge in [-0.25, -0.2) is 0 Å². The topological polar surface area (TPSA) is 75.5 Å². The lowest BCUT2D eigenvalue weighted by molar-refractivity contribution is -0.384. The zero-order valence-corrected chi connectivity index (χ0v) is 11.7. The fourth-order valence-corrected chi connectivity index (χ4v) is 2.43. The molecule has 1 aromatic rings. The Morgan fingerprint density at radius 2 is 2.10 bits per heavy atom. The Kier molecular flexibility index (Phi) is 4.79. The summed E-state index contributed by atoms with van der Waals surface area (Å²) >= 11 is 5.95. The van der Waals surface area contributed by atoms with Crippen LogP contribution in [0.25, 0.3) is 0 Å². The van der Waals surface area contributed by atoms with E-state index < -0.39 is 4.92 Å². The van der Waals surface area contributed by atoms with E-state index in [0.717, 1.165) is 25.9 Å². The third kappa shape index (κ3) is 3.60. The second kappa shape index (κ2) is 6.56. The molecule has 0 atom stereocenters. The first-order valence-electron chi connectivity index (χ1n) is 6.53. The summed E-state index contributed by atoms with van der Waals surface area (Å²) < 4.78 is 0. The van der Waals surface area contributed by atoms with E-state index in [1.165, 1.54) is 12.1 Å². The molecule has 7 heteroatoms. The normalized spacial score (nSPS) is 14.3. The van der Waals surface area contributed by atoms with Gasteiger partial charge < -0.3 is 10.2 Å². The highest BCUT2D eigenvalue weighted by molar-refractivity contribution is 6.33. The number of nitro benzene ring substituents is 1. The van der Waals surface area contributed by atoms with Crippen LogP contribution < -0.4 is 5.32 Å². The minimum atomic E-state index is -0.493. The van der Waals surface area contributed by atoms with Gasteiger partial charge in [0.05, 0.1) is 15.6 Å². The lowest BCUT2D eigenvalue weighted by Crippen LogP contribution is -2.29. The van der Waals surface area contributed by atoms with Crippen molar-refractivity contribution in [3.8, 4) is 0 Å². The molecule has 1 heterocycles. The Labute approximate surface area is 121 Å². The zero-order valence-electron chi connectivity index (χ0n) is 11.0. The minimum Gasteiger partial charge on any atom is -0.383 e. The first-order chi connectivity index (χ1) is 9.58. The van der Waals surface area contributed by atoms with Gasteiger partial charge in [0.1, 0.15) is 0 Å². The minimum absolute atomic E-state index is 0.0475. The van der Waals surface area contributed by atoms with Gasteiger partial charge in [0.25, 0.3) is 5.69 Å². The van der Waals surface area contributed by atoms with Crippen molar-refractivity contribution in [3.05, 3.63) is 33.3 Å². The molecule has 108 valence electrons. The van der Waals surface area contributed by atoms with Crippen LogP contribution in [0.15, 0.2) is 18.2 Å². The number of carbonyl (C=O) groups excluding carboxylic acids is 1. The monoisotopic (exact) mass is 297 g/mol. The van der Waals surface area contributed by atoms with Crippen LogP contribution in [0, 0.1) is 10.1 Å². The van der Waals surface area contributed by atoms with Crippen LogP contribution in [0.3, 0.4) is 0 Å². The molecular formula is C13H16ClN3O3. The van der Waals surface area contributed by atoms with Gasteiger partial charge >= 0.3 is 0 Å². The van der Waals surface area contributed by atoms with E-state index in [4.69, 9.17) is 11.6 Å². The van der Waals surface area contributed by atoms with Crippen LogP contribution in [0.1, 0.15) is 19.3 Å². The largest absolute Gasteiger partial charge is 0.383 e. The number of rotatable bonds is 5. The van der Waals surface area contributed by atoms with Gasteiger partial charge in [-0.2, -0.15) is 0 Å². The lowest BCUT2D eigenvalue weighted by Gasteiger charge is -2.15. The summed E-state index contributed by atoms with van der Waals surface area (Å²) in [6.07, 6.45) is 2.55. The van der Waals surface area contributed by atoms with E-state index >= 15 is 0 Å². The van der Waals surface area contributed by atoms with E-state index in [0.29, 0.717) is 18.7 Å². The highest BCUT2D eigenvalue weighted by Crippen LogP contribution is 2.26. The maximum Gasteiger partial charge on any atom is 0.271 e. The molecule has 1 aliphatic rings. The summed E-state index contributed by atoms with van der Waals surface area (Å²) in [5, 5.41) is 13.9. The number of non-ortho nitro benzene ring substituents is 1. The summed E-state index contributed by atoms with van der Waals surface area (Å²) in [4.78, 5) is 23.8. The van der Waals surface area contributed by atoms with Crippen molar-refractivity contribution in [2.45, 2.75) is 19.3 Å². The number of hydrogen-bond donors (Lipinski definition) is 1. The van der Waals surface area contributed by atoms with Gasteiger partial charge in [-0.15, -0.1) is 0 Å². The smallest absolute Gasteiger partial charge is 0.271 e. The van der Waals surface area contributed by atoms with E-state index in [2.05, 4.69) is 5.32 Å². The number of hydrogen-bond acceptors (Lipinski definition) is 4. The molecule has 2 rings (SSSR count). The molecule has 1 aromatic carbocycles. The molecular weight excluding hydrogens is 282 g/mol. The first-order valence-corrected chi connectivity index (χ1v) is 6.91. The average molecular weight is 298 g/mol. The Morgan fingerprint density at radius 1 is 1.40 bits per heavy atom. The van der Waals surface area contributed by atoms with Crippen LogP contribution in [0.4, 0.5) is 11.4 Å². The van der Waals surface area contributed by atoms with Crippen molar-refractivity contribution >= 4 is 28.9 Å². The molecule has 0 bridgehead atoms. The van der Waals surface area contributed by atoms with Gasteiger partial charge in [0.15, 0.2) is 0 Å². The van der Waals surface area contributed by atoms with Gasteiger partial charge in [0.2, 0.25) is 5.91 Å². The summed E-state index contributed by atoms with van der Waals surface area (Å²) in [6.45, 7) is 2.15. The van der Waals surface area contributed by atoms with Crippen LogP contribution in [0.5, 0.6) is 0 Å². The molecule has 1 N–H and O–H groups in total. The summed E-state index contributed by atoms with van der Waals surface area (Å²) in [6, 6.07) is 4.24. The fourth-order valence-electron chi connectivity index (χ4n) is 2.19. The van der Waals surface area contributed by atoms with E-state index in [1.807, 2.05) is 4.90 Å². The van der Waals surface area contributed by atoms with Gasteiger partial charge in [-0.3, -0.25) is 14.9 Å². The van der Waals surface area contributed by atoms with Gasteiger partial charge in [0, 0.05) is 38.2 Å². The standard InChI is InChI=1S/C13H16ClN3O3/c14-11-9-10(17(19)20)3-4-12(11)15-6-5-13(18)16-7-1-2-8-16/h3-4,9,15H,1-2,5-8H2. The molecule has 1 fully saturated rings. The van der Waals surface area contributed by atoms with Crippen molar-refractivity contribution in [2.24, 2.45) is 0 Å². The lowest BCUT2D eigenvalue weighted by atomic mass is 10.2. The van der Waals surface area contributed by atoms with Crippen LogP contribution >= 0.6 is 11.6 Å². The maximum absolute atomic E-state index is 11.8. The molecule has 0 saturated carbocycles. The zero-order chi connectivity index (χ0) is 14.5. The SMILES string of the molecule is O=C(CCNc1ccc([N+](=O)[O-])cc1Cl)N1CCCC1. The number of amides is 1. The number of halogens is 1. The molecule has 0 spiro atoms. The molecule has 0 radical (unpaired) electrons. The van der Waals surface area contributed by atoms with Crippen LogP contribution in [0.2, 0.25) is 5.02 Å². The van der Waals surface area contributed by atoms with Gasteiger partial charge in [-0.05, 0) is 18.9 Å². The third-order valence-electron chi connectivity index (χ3n) is 3.28. The van der Waals surface area contributed by atoms with Crippen molar-refractivity contribution < 1.29 is 9.72 Å². The predicted molar refractivity (Wildman–Crippen MR) is 77.0 cm³/mol. The second-order valence-electron chi connectivity index (χ2n) is 4.69. The fraction of sp³-hybridized carbons (Fsp3) is 0.462. The number of nitrogens with zero attached hydrogens (tertiary/aromatic N) is 2. The molecule has 1 amide bonds. The highest BCUT2D eigenvalue weighted by atomic mass is 35.5. The molecule has 1 aliphatic heterocycles. The quantitative estimate of drug-likeness (QED) is 0.669. The molecule has 1 saturated heterocycles. The van der Waals surface area contributed by atoms with Crippen molar-refractivity contribution in [3.63, 3.8) is 0 Å². The number of nitrogens with one attached hydrogen (secondary N) is 1. The molecule has 0 aliphatic carbocycles. The Morgan fingerprint density at radius 3 is 2.70 bits per heavy atom. The Balaban J connectivity index is 1.84. The predicted octanol–water partition coefficient (Wildman–Crippen LogP) is 2.67. The summed E-state index contributed by atoms with van der Waals surface area (Å²) in [7, 11) is 0. The Bertz CT molecular complexity index is 516. The molecule has 0 aromatic heterocycles. The van der Waals surface area contributed by atoms with E-state index in [1.54, 1.807) is 6.07 Å². The second-order valence-corrected chi connectivity index (χ2v) is 5.09. The summed E-state index contributed by atoms with van der Waals surface area (Å²) in [5.41, 5.74) is 0.556. The maximum atomic E-state index is 11.8. The summed E-state index contributed by atoms with van der Waals surface area (Å²) in [5.74, 6) is 0.132. The van der Waals surface area contributed by atoms with Crippen LogP contribution in [-0.4, -0.2) is 35.4 Å². The van der Waals surface area contributed by atoms with Crippen LogP contribution in [-0.2, 0) is 4.79 Å².